The fraction of sp³-hybridized carbons (Fsp3) is 0.333. The summed E-state index contributed by atoms with van der Waals surface area (Å²) in [5, 5.41) is 8.02. The number of benzene rings is 2. The lowest BCUT2D eigenvalue weighted by Crippen LogP contribution is -2.47. The molecule has 2 N–H and O–H groups in total. The van der Waals surface area contributed by atoms with Crippen LogP contribution in [0.1, 0.15) is 11.1 Å². The van der Waals surface area contributed by atoms with Crippen molar-refractivity contribution >= 4 is 23.2 Å². The molecule has 3 rings (SSSR count). The Kier molecular flexibility index (Phi) is 5.79. The molecule has 5 heteroatoms. The minimum absolute atomic E-state index is 0.449. The molecule has 1 aliphatic heterocycles. The van der Waals surface area contributed by atoms with E-state index in [1.54, 1.807) is 6.07 Å². The maximum Gasteiger partial charge on any atom is 0.120 e. The highest BCUT2D eigenvalue weighted by Gasteiger charge is 2.15. The van der Waals surface area contributed by atoms with Gasteiger partial charge in [-0.2, -0.15) is 0 Å². The van der Waals surface area contributed by atoms with Gasteiger partial charge >= 0.3 is 0 Å². The predicted octanol–water partition coefficient (Wildman–Crippen LogP) is 3.88. The number of nitrogens with one attached hydrogen (secondary N) is 2. The van der Waals surface area contributed by atoms with Gasteiger partial charge in [0, 0.05) is 36.2 Å². The largest absolute Gasteiger partial charge is 0.489 e. The van der Waals surface area contributed by atoms with Crippen molar-refractivity contribution in [2.45, 2.75) is 13.2 Å². The summed E-state index contributed by atoms with van der Waals surface area (Å²) in [6, 6.07) is 13.6. The molecule has 0 saturated carbocycles. The molecular weight excluding hydrogens is 331 g/mol. The van der Waals surface area contributed by atoms with E-state index in [9.17, 15) is 0 Å². The number of hydrogen-bond donors (Lipinski definition) is 2. The van der Waals surface area contributed by atoms with E-state index in [1.807, 2.05) is 24.3 Å². The van der Waals surface area contributed by atoms with Crippen LogP contribution in [0.5, 0.6) is 5.75 Å². The highest BCUT2D eigenvalue weighted by Crippen LogP contribution is 2.21. The van der Waals surface area contributed by atoms with Crippen LogP contribution in [0.3, 0.4) is 0 Å². The van der Waals surface area contributed by atoms with Crippen molar-refractivity contribution < 1.29 is 4.74 Å². The zero-order valence-electron chi connectivity index (χ0n) is 12.8. The van der Waals surface area contributed by atoms with Crippen molar-refractivity contribution in [3.05, 3.63) is 63.6 Å². The molecule has 0 aromatic heterocycles. The Hall–Kier alpha value is -1.26. The van der Waals surface area contributed by atoms with Crippen molar-refractivity contribution in [2.24, 2.45) is 5.92 Å². The van der Waals surface area contributed by atoms with Crippen LogP contribution in [0.2, 0.25) is 10.0 Å². The van der Waals surface area contributed by atoms with E-state index in [2.05, 4.69) is 22.8 Å². The summed E-state index contributed by atoms with van der Waals surface area (Å²) in [5.41, 5.74) is 2.18. The Morgan fingerprint density at radius 1 is 1.04 bits per heavy atom. The second kappa shape index (κ2) is 8.02. The Balaban J connectivity index is 1.52. The van der Waals surface area contributed by atoms with Gasteiger partial charge in [-0.05, 0) is 47.4 Å². The molecule has 0 radical (unpaired) electrons. The summed E-state index contributed by atoms with van der Waals surface area (Å²) in [4.78, 5) is 0. The van der Waals surface area contributed by atoms with E-state index in [0.29, 0.717) is 16.7 Å². The molecule has 1 saturated heterocycles. The van der Waals surface area contributed by atoms with Gasteiger partial charge in [0.05, 0.1) is 0 Å². The first kappa shape index (κ1) is 16.6. The maximum atomic E-state index is 6.00. The smallest absolute Gasteiger partial charge is 0.120 e. The monoisotopic (exact) mass is 350 g/mol. The molecule has 0 atom stereocenters. The van der Waals surface area contributed by atoms with Crippen LogP contribution in [-0.4, -0.2) is 19.6 Å². The molecule has 0 unspecified atom stereocenters. The van der Waals surface area contributed by atoms with Gasteiger partial charge in [-0.15, -0.1) is 0 Å². The average Bonchev–Trinajstić information content (AvgIpc) is 2.47. The van der Waals surface area contributed by atoms with Gasteiger partial charge in [-0.25, -0.2) is 0 Å². The lowest BCUT2D eigenvalue weighted by Gasteiger charge is -2.27. The molecule has 122 valence electrons. The van der Waals surface area contributed by atoms with Gasteiger partial charge in [0.15, 0.2) is 0 Å². The second-order valence-corrected chi connectivity index (χ2v) is 6.74. The Morgan fingerprint density at radius 3 is 2.52 bits per heavy atom. The van der Waals surface area contributed by atoms with Gasteiger partial charge < -0.3 is 15.4 Å². The first-order valence-electron chi connectivity index (χ1n) is 7.77. The van der Waals surface area contributed by atoms with E-state index < -0.39 is 0 Å². The van der Waals surface area contributed by atoms with Crippen molar-refractivity contribution in [1.82, 2.24) is 10.6 Å². The Morgan fingerprint density at radius 2 is 1.83 bits per heavy atom. The summed E-state index contributed by atoms with van der Waals surface area (Å²) in [5.74, 6) is 1.62. The maximum absolute atomic E-state index is 6.00. The average molecular weight is 351 g/mol. The molecule has 1 aliphatic rings. The normalized spacial score (nSPS) is 14.5. The molecule has 3 nitrogen and oxygen atoms in total. The molecular formula is C18H20Cl2N2O. The zero-order chi connectivity index (χ0) is 16.1. The number of halogens is 2. The van der Waals surface area contributed by atoms with Crippen LogP contribution in [0, 0.1) is 5.92 Å². The second-order valence-electron chi connectivity index (χ2n) is 5.87. The summed E-state index contributed by atoms with van der Waals surface area (Å²) < 4.78 is 5.85. The highest BCUT2D eigenvalue weighted by molar-refractivity contribution is 6.34. The number of ether oxygens (including phenoxy) is 1. The fourth-order valence-electron chi connectivity index (χ4n) is 2.52. The van der Waals surface area contributed by atoms with Crippen LogP contribution >= 0.6 is 23.2 Å². The first-order valence-corrected chi connectivity index (χ1v) is 8.53. The molecule has 1 heterocycles. The van der Waals surface area contributed by atoms with Crippen LogP contribution in [0.25, 0.3) is 0 Å². The molecule has 1 fully saturated rings. The van der Waals surface area contributed by atoms with E-state index >= 15 is 0 Å². The third-order valence-electron chi connectivity index (χ3n) is 3.85. The molecule has 23 heavy (non-hydrogen) atoms. The van der Waals surface area contributed by atoms with Gasteiger partial charge in [0.25, 0.3) is 0 Å². The van der Waals surface area contributed by atoms with Gasteiger partial charge in [0.1, 0.15) is 12.4 Å². The van der Waals surface area contributed by atoms with Crippen molar-refractivity contribution in [3.63, 3.8) is 0 Å². The topological polar surface area (TPSA) is 33.3 Å². The molecule has 0 amide bonds. The standard InChI is InChI=1S/C18H20Cl2N2O/c19-16-4-14(5-17(20)7-16)12-23-18-3-1-2-13(6-18)8-21-9-15-10-22-11-15/h1-7,15,21-22H,8-12H2. The minimum atomic E-state index is 0.449. The third kappa shape index (κ3) is 5.11. The van der Waals surface area contributed by atoms with E-state index in [-0.39, 0.29) is 0 Å². The molecule has 0 aliphatic carbocycles. The van der Waals surface area contributed by atoms with E-state index in [1.165, 1.54) is 5.56 Å². The van der Waals surface area contributed by atoms with Gasteiger partial charge in [-0.3, -0.25) is 0 Å². The first-order chi connectivity index (χ1) is 11.2. The predicted molar refractivity (Wildman–Crippen MR) is 95.3 cm³/mol. The Labute approximate surface area is 146 Å². The molecule has 0 spiro atoms. The summed E-state index contributed by atoms with van der Waals surface area (Å²) >= 11 is 12.0. The fourth-order valence-corrected chi connectivity index (χ4v) is 3.09. The summed E-state index contributed by atoms with van der Waals surface area (Å²) in [6.07, 6.45) is 0. The summed E-state index contributed by atoms with van der Waals surface area (Å²) in [6.45, 7) is 4.61. The quantitative estimate of drug-likeness (QED) is 0.794. The van der Waals surface area contributed by atoms with Crippen molar-refractivity contribution in [1.29, 1.82) is 0 Å². The zero-order valence-corrected chi connectivity index (χ0v) is 14.3. The Bertz CT molecular complexity index is 639. The van der Waals surface area contributed by atoms with Crippen LogP contribution in [0.15, 0.2) is 42.5 Å². The third-order valence-corrected chi connectivity index (χ3v) is 4.29. The number of rotatable bonds is 7. The molecule has 0 bridgehead atoms. The minimum Gasteiger partial charge on any atom is -0.489 e. The van der Waals surface area contributed by atoms with Crippen LogP contribution in [-0.2, 0) is 13.2 Å². The molecule has 2 aromatic rings. The lowest BCUT2D eigenvalue weighted by atomic mass is 10.0. The molecule has 2 aromatic carbocycles. The van der Waals surface area contributed by atoms with E-state index in [0.717, 1.165) is 43.4 Å². The van der Waals surface area contributed by atoms with Crippen molar-refractivity contribution in [3.8, 4) is 5.75 Å². The van der Waals surface area contributed by atoms with Gasteiger partial charge in [-0.1, -0.05) is 35.3 Å². The van der Waals surface area contributed by atoms with Crippen molar-refractivity contribution in [2.75, 3.05) is 19.6 Å². The van der Waals surface area contributed by atoms with Gasteiger partial charge in [0.2, 0.25) is 0 Å². The van der Waals surface area contributed by atoms with Crippen LogP contribution < -0.4 is 15.4 Å². The SMILES string of the molecule is Clc1cc(Cl)cc(COc2cccc(CNCC3CNC3)c2)c1. The number of hydrogen-bond acceptors (Lipinski definition) is 3. The van der Waals surface area contributed by atoms with E-state index in [4.69, 9.17) is 27.9 Å². The lowest BCUT2D eigenvalue weighted by molar-refractivity contribution is 0.305. The highest BCUT2D eigenvalue weighted by atomic mass is 35.5. The summed E-state index contributed by atoms with van der Waals surface area (Å²) in [7, 11) is 0. The van der Waals surface area contributed by atoms with Crippen LogP contribution in [0.4, 0.5) is 0 Å².